The van der Waals surface area contributed by atoms with E-state index in [2.05, 4.69) is 25.2 Å². The van der Waals surface area contributed by atoms with Crippen LogP contribution >= 0.6 is 23.2 Å². The monoisotopic (exact) mass is 555 g/mol. The zero-order valence-corrected chi connectivity index (χ0v) is 22.9. The highest BCUT2D eigenvalue weighted by molar-refractivity contribution is 6.35. The maximum Gasteiger partial charge on any atom is 0.262 e. The van der Waals surface area contributed by atoms with Crippen molar-refractivity contribution in [2.75, 3.05) is 31.7 Å². The van der Waals surface area contributed by atoms with Crippen molar-refractivity contribution in [3.63, 3.8) is 0 Å². The Morgan fingerprint density at radius 1 is 1.03 bits per heavy atom. The smallest absolute Gasteiger partial charge is 0.262 e. The molecule has 2 aliphatic heterocycles. The second-order valence-electron chi connectivity index (χ2n) is 10.0. The average Bonchev–Trinajstić information content (AvgIpc) is 2.92. The minimum Gasteiger partial charge on any atom is -0.486 e. The minimum atomic E-state index is -0.260. The van der Waals surface area contributed by atoms with Crippen LogP contribution in [0.4, 0.5) is 5.69 Å². The van der Waals surface area contributed by atoms with Crippen LogP contribution in [0.1, 0.15) is 43.4 Å². The van der Waals surface area contributed by atoms with E-state index in [-0.39, 0.29) is 30.5 Å². The summed E-state index contributed by atoms with van der Waals surface area (Å²) in [5.41, 5.74) is 2.73. The lowest BCUT2D eigenvalue weighted by molar-refractivity contribution is -0.118. The maximum atomic E-state index is 12.5. The van der Waals surface area contributed by atoms with Gasteiger partial charge < -0.3 is 24.3 Å². The van der Waals surface area contributed by atoms with Crippen molar-refractivity contribution in [3.8, 4) is 17.2 Å². The lowest BCUT2D eigenvalue weighted by atomic mass is 9.76. The molecule has 8 heteroatoms. The van der Waals surface area contributed by atoms with Gasteiger partial charge in [0, 0.05) is 27.7 Å². The lowest BCUT2D eigenvalue weighted by Crippen LogP contribution is -2.31. The van der Waals surface area contributed by atoms with Gasteiger partial charge in [0.25, 0.3) is 5.91 Å². The fourth-order valence-corrected chi connectivity index (χ4v) is 5.69. The molecule has 1 N–H and O–H groups in total. The number of fused-ring (bicyclic) bond motifs is 1. The number of nitrogens with one attached hydrogen (secondary N) is 1. The zero-order chi connectivity index (χ0) is 26.6. The molecule has 5 rings (SSSR count). The molecule has 1 fully saturated rings. The van der Waals surface area contributed by atoms with Crippen molar-refractivity contribution in [1.29, 1.82) is 0 Å². The van der Waals surface area contributed by atoms with Gasteiger partial charge in [0.05, 0.1) is 12.7 Å². The fourth-order valence-electron chi connectivity index (χ4n) is 5.13. The minimum absolute atomic E-state index is 0.0765. The number of anilines is 1. The summed E-state index contributed by atoms with van der Waals surface area (Å²) in [6.07, 6.45) is 0.875. The highest BCUT2D eigenvalue weighted by atomic mass is 35.5. The number of hydrogen-bond donors (Lipinski definition) is 1. The van der Waals surface area contributed by atoms with Gasteiger partial charge in [-0.05, 0) is 65.8 Å². The van der Waals surface area contributed by atoms with Crippen LogP contribution in [0.2, 0.25) is 10.0 Å². The molecule has 0 radical (unpaired) electrons. The van der Waals surface area contributed by atoms with Crippen LogP contribution in [0.15, 0.2) is 60.7 Å². The van der Waals surface area contributed by atoms with Crippen molar-refractivity contribution >= 4 is 34.8 Å². The Labute approximate surface area is 233 Å². The van der Waals surface area contributed by atoms with Crippen LogP contribution in [0, 0.1) is 11.8 Å². The Balaban J connectivity index is 1.22. The standard InChI is InChI=1S/C30H31Cl2NO5/c1-18(2)25-13-20(24-8-6-21(31)14-26(24)32)16-38-30(25)19-4-3-5-23(12-19)37-17-29(34)33-22-7-9-27-28(15-22)36-11-10-35-27/h3-9,12,14-15,18,20,25,30H,10-11,13,16-17H2,1-2H3,(H,33,34)/t20-,25-,30-/m0/s1. The van der Waals surface area contributed by atoms with Gasteiger partial charge in [-0.2, -0.15) is 0 Å². The molecular weight excluding hydrogens is 525 g/mol. The molecule has 0 aromatic heterocycles. The highest BCUT2D eigenvalue weighted by Crippen LogP contribution is 2.45. The van der Waals surface area contributed by atoms with E-state index in [1.54, 1.807) is 24.3 Å². The number of benzene rings is 3. The van der Waals surface area contributed by atoms with Crippen molar-refractivity contribution in [3.05, 3.63) is 81.8 Å². The first-order valence-electron chi connectivity index (χ1n) is 12.9. The van der Waals surface area contributed by atoms with E-state index in [0.29, 0.717) is 58.7 Å². The molecule has 2 heterocycles. The number of ether oxygens (including phenoxy) is 4. The molecule has 0 saturated carbocycles. The molecule has 200 valence electrons. The predicted molar refractivity (Wildman–Crippen MR) is 149 cm³/mol. The van der Waals surface area contributed by atoms with Crippen molar-refractivity contribution in [1.82, 2.24) is 0 Å². The van der Waals surface area contributed by atoms with E-state index >= 15 is 0 Å². The van der Waals surface area contributed by atoms with E-state index in [9.17, 15) is 4.79 Å². The molecule has 6 nitrogen and oxygen atoms in total. The summed E-state index contributed by atoms with van der Waals surface area (Å²) < 4.78 is 23.4. The third-order valence-electron chi connectivity index (χ3n) is 7.06. The molecule has 0 spiro atoms. The normalized spacial score (nSPS) is 20.7. The van der Waals surface area contributed by atoms with Gasteiger partial charge in [0.15, 0.2) is 18.1 Å². The van der Waals surface area contributed by atoms with E-state index in [4.69, 9.17) is 42.1 Å². The second-order valence-corrected chi connectivity index (χ2v) is 10.9. The van der Waals surface area contributed by atoms with Gasteiger partial charge in [-0.1, -0.05) is 55.2 Å². The largest absolute Gasteiger partial charge is 0.486 e. The molecule has 3 aromatic rings. The van der Waals surface area contributed by atoms with Gasteiger partial charge in [-0.25, -0.2) is 0 Å². The Hall–Kier alpha value is -2.93. The Bertz CT molecular complexity index is 1300. The third-order valence-corrected chi connectivity index (χ3v) is 7.63. The lowest BCUT2D eigenvalue weighted by Gasteiger charge is -2.39. The summed E-state index contributed by atoms with van der Waals surface area (Å²) in [7, 11) is 0. The van der Waals surface area contributed by atoms with Crippen LogP contribution < -0.4 is 19.5 Å². The Kier molecular flexibility index (Phi) is 8.32. The van der Waals surface area contributed by atoms with Gasteiger partial charge in [0.2, 0.25) is 0 Å². The summed E-state index contributed by atoms with van der Waals surface area (Å²) in [6, 6.07) is 18.8. The van der Waals surface area contributed by atoms with Crippen LogP contribution in [0.5, 0.6) is 17.2 Å². The first-order chi connectivity index (χ1) is 18.4. The van der Waals surface area contributed by atoms with E-state index in [0.717, 1.165) is 17.5 Å². The molecule has 0 unspecified atom stereocenters. The Morgan fingerprint density at radius 3 is 2.63 bits per heavy atom. The summed E-state index contributed by atoms with van der Waals surface area (Å²) in [5, 5.41) is 4.16. The van der Waals surface area contributed by atoms with Crippen LogP contribution in [-0.4, -0.2) is 32.3 Å². The molecule has 1 amide bonds. The number of hydrogen-bond acceptors (Lipinski definition) is 5. The van der Waals surface area contributed by atoms with Crippen molar-refractivity contribution in [2.45, 2.75) is 32.3 Å². The number of rotatable bonds is 7. The first kappa shape index (κ1) is 26.7. The van der Waals surface area contributed by atoms with Crippen LogP contribution in [0.25, 0.3) is 0 Å². The van der Waals surface area contributed by atoms with E-state index in [1.807, 2.05) is 30.3 Å². The quantitative estimate of drug-likeness (QED) is 0.331. The third kappa shape index (κ3) is 6.20. The molecule has 2 aliphatic rings. The number of amides is 1. The van der Waals surface area contributed by atoms with Gasteiger partial charge in [-0.3, -0.25) is 4.79 Å². The average molecular weight is 556 g/mol. The first-order valence-corrected chi connectivity index (χ1v) is 13.6. The predicted octanol–water partition coefficient (Wildman–Crippen LogP) is 7.30. The maximum absolute atomic E-state index is 12.5. The number of carbonyl (C=O) groups excluding carboxylic acids is 1. The zero-order valence-electron chi connectivity index (χ0n) is 21.4. The second kappa shape index (κ2) is 11.9. The van der Waals surface area contributed by atoms with Gasteiger partial charge >= 0.3 is 0 Å². The van der Waals surface area contributed by atoms with Crippen molar-refractivity contribution in [2.24, 2.45) is 11.8 Å². The molecule has 1 saturated heterocycles. The number of carbonyl (C=O) groups is 1. The molecule has 3 atom stereocenters. The van der Waals surface area contributed by atoms with E-state index in [1.165, 1.54) is 0 Å². The topological polar surface area (TPSA) is 66.0 Å². The van der Waals surface area contributed by atoms with Crippen LogP contribution in [0.3, 0.4) is 0 Å². The van der Waals surface area contributed by atoms with Crippen molar-refractivity contribution < 1.29 is 23.7 Å². The summed E-state index contributed by atoms with van der Waals surface area (Å²) in [5.74, 6) is 2.54. The number of halogens is 2. The summed E-state index contributed by atoms with van der Waals surface area (Å²) >= 11 is 12.6. The Morgan fingerprint density at radius 2 is 1.84 bits per heavy atom. The summed E-state index contributed by atoms with van der Waals surface area (Å²) in [6.45, 7) is 5.89. The van der Waals surface area contributed by atoms with Gasteiger partial charge in [0.1, 0.15) is 19.0 Å². The fraction of sp³-hybridized carbons (Fsp3) is 0.367. The molecular formula is C30H31Cl2NO5. The summed E-state index contributed by atoms with van der Waals surface area (Å²) in [4.78, 5) is 12.5. The SMILES string of the molecule is CC(C)[C@@H]1C[C@H](c2ccc(Cl)cc2Cl)CO[C@H]1c1cccc(OCC(=O)Nc2ccc3c(c2)OCCO3)c1. The molecule has 0 aliphatic carbocycles. The van der Waals surface area contributed by atoms with Gasteiger partial charge in [-0.15, -0.1) is 0 Å². The molecule has 3 aromatic carbocycles. The molecule has 38 heavy (non-hydrogen) atoms. The van der Waals surface area contributed by atoms with Crippen LogP contribution in [-0.2, 0) is 9.53 Å². The molecule has 0 bridgehead atoms. The van der Waals surface area contributed by atoms with E-state index < -0.39 is 0 Å². The highest BCUT2D eigenvalue weighted by Gasteiger charge is 2.35.